The van der Waals surface area contributed by atoms with Crippen LogP contribution in [0.1, 0.15) is 54.7 Å². The number of ether oxygens (including phenoxy) is 2. The van der Waals surface area contributed by atoms with E-state index >= 15 is 0 Å². The zero-order valence-electron chi connectivity index (χ0n) is 24.5. The Morgan fingerprint density at radius 3 is 2.23 bits per heavy atom. The Morgan fingerprint density at radius 2 is 1.66 bits per heavy atom. The van der Waals surface area contributed by atoms with Crippen molar-refractivity contribution in [1.29, 1.82) is 0 Å². The van der Waals surface area contributed by atoms with Crippen LogP contribution in [0.25, 0.3) is 0 Å². The van der Waals surface area contributed by atoms with Gasteiger partial charge in [0.05, 0.1) is 25.6 Å². The van der Waals surface area contributed by atoms with E-state index in [9.17, 15) is 18.8 Å². The van der Waals surface area contributed by atoms with Gasteiger partial charge in [-0.05, 0) is 61.1 Å². The Balaban J connectivity index is 0.000000345. The molecule has 0 spiro atoms. The van der Waals surface area contributed by atoms with Gasteiger partial charge in [-0.2, -0.15) is 0 Å². The molecule has 1 aromatic heterocycles. The van der Waals surface area contributed by atoms with Crippen molar-refractivity contribution in [2.45, 2.75) is 70.2 Å². The Labute approximate surface area is 253 Å². The van der Waals surface area contributed by atoms with Crippen LogP contribution in [0.3, 0.4) is 0 Å². The van der Waals surface area contributed by atoms with E-state index in [4.69, 9.17) is 34.4 Å². The number of aliphatic hydroxyl groups is 1. The van der Waals surface area contributed by atoms with Crippen molar-refractivity contribution in [2.24, 2.45) is 5.92 Å². The second-order valence-electron chi connectivity index (χ2n) is 10.7. The molecule has 13 heteroatoms. The van der Waals surface area contributed by atoms with Crippen LogP contribution in [0.4, 0.5) is 4.39 Å². The predicted octanol–water partition coefficient (Wildman–Crippen LogP) is 3.96. The van der Waals surface area contributed by atoms with Gasteiger partial charge >= 0.3 is 17.9 Å². The molecule has 44 heavy (non-hydrogen) atoms. The van der Waals surface area contributed by atoms with Gasteiger partial charge in [0.25, 0.3) is 0 Å². The number of nitrogens with zero attached hydrogens (tertiary/aromatic N) is 1. The van der Waals surface area contributed by atoms with Gasteiger partial charge in [0, 0.05) is 25.1 Å². The lowest BCUT2D eigenvalue weighted by Crippen LogP contribution is -2.42. The first-order chi connectivity index (χ1) is 20.9. The quantitative estimate of drug-likeness (QED) is 0.176. The smallest absolute Gasteiger partial charge is 0.336 e. The van der Waals surface area contributed by atoms with Gasteiger partial charge in [-0.25, -0.2) is 9.18 Å². The number of carboxylic acids is 3. The SMILES string of the molecule is COc1ccc(CN[C@@H]2CCC[C@H]2Cc2cc(C)no2)cc1OCc1ccc(F)cc1.O=C(O)CC(O)(CC(=O)O)C(=O)O. The van der Waals surface area contributed by atoms with E-state index in [-0.39, 0.29) is 5.82 Å². The molecule has 1 heterocycles. The Morgan fingerprint density at radius 1 is 1.00 bits per heavy atom. The molecule has 12 nitrogen and oxygen atoms in total. The first-order valence-corrected chi connectivity index (χ1v) is 14.0. The summed E-state index contributed by atoms with van der Waals surface area (Å²) < 4.78 is 30.0. The summed E-state index contributed by atoms with van der Waals surface area (Å²) in [4.78, 5) is 30.5. The summed E-state index contributed by atoms with van der Waals surface area (Å²) in [6.07, 6.45) is 2.23. The number of hydrogen-bond acceptors (Lipinski definition) is 9. The number of hydrogen-bond donors (Lipinski definition) is 5. The molecule has 1 saturated carbocycles. The van der Waals surface area contributed by atoms with Crippen molar-refractivity contribution in [1.82, 2.24) is 10.5 Å². The Hall–Kier alpha value is -4.49. The number of methoxy groups -OCH3 is 1. The number of carbonyl (C=O) groups is 3. The molecule has 238 valence electrons. The molecule has 4 rings (SSSR count). The summed E-state index contributed by atoms with van der Waals surface area (Å²) in [5, 5.41) is 41.5. The van der Waals surface area contributed by atoms with Gasteiger partial charge in [-0.15, -0.1) is 0 Å². The van der Waals surface area contributed by atoms with Crippen molar-refractivity contribution in [3.63, 3.8) is 0 Å². The highest BCUT2D eigenvalue weighted by Gasteiger charge is 2.40. The summed E-state index contributed by atoms with van der Waals surface area (Å²) in [7, 11) is 1.63. The molecule has 2 aromatic carbocycles. The Bertz CT molecular complexity index is 1390. The van der Waals surface area contributed by atoms with E-state index in [0.717, 1.165) is 35.5 Å². The molecule has 1 fully saturated rings. The number of halogens is 1. The van der Waals surface area contributed by atoms with E-state index in [1.807, 2.05) is 25.1 Å². The zero-order valence-corrected chi connectivity index (χ0v) is 24.5. The molecule has 1 aliphatic carbocycles. The van der Waals surface area contributed by atoms with Crippen molar-refractivity contribution >= 4 is 17.9 Å². The molecule has 0 bridgehead atoms. The lowest BCUT2D eigenvalue weighted by molar-refractivity contribution is -0.170. The Kier molecular flexibility index (Phi) is 12.2. The number of nitrogens with one attached hydrogen (secondary N) is 1. The van der Waals surface area contributed by atoms with Crippen molar-refractivity contribution < 1.29 is 53.2 Å². The van der Waals surface area contributed by atoms with Gasteiger partial charge in [0.2, 0.25) is 0 Å². The molecule has 5 N–H and O–H groups in total. The molecule has 1 aliphatic rings. The zero-order chi connectivity index (χ0) is 32.3. The van der Waals surface area contributed by atoms with Gasteiger partial charge in [0.15, 0.2) is 17.1 Å². The fourth-order valence-electron chi connectivity index (χ4n) is 4.97. The van der Waals surface area contributed by atoms with E-state index < -0.39 is 36.4 Å². The predicted molar refractivity (Wildman–Crippen MR) is 154 cm³/mol. The summed E-state index contributed by atoms with van der Waals surface area (Å²) in [6, 6.07) is 14.8. The van der Waals surface area contributed by atoms with Gasteiger partial charge < -0.3 is 39.7 Å². The number of aromatic nitrogens is 1. The summed E-state index contributed by atoms with van der Waals surface area (Å²) in [6.45, 7) is 3.07. The number of carboxylic acid groups (broad SMARTS) is 3. The molecule has 3 aromatic rings. The number of aryl methyl sites for hydroxylation is 1. The minimum atomic E-state index is -2.74. The number of aliphatic carboxylic acids is 3. The molecule has 0 aliphatic heterocycles. The summed E-state index contributed by atoms with van der Waals surface area (Å²) in [5.41, 5.74) is 0.237. The van der Waals surface area contributed by atoms with Crippen molar-refractivity contribution in [3.05, 3.63) is 76.9 Å². The molecule has 0 amide bonds. The molecule has 2 atom stereocenters. The van der Waals surface area contributed by atoms with Crippen LogP contribution >= 0.6 is 0 Å². The van der Waals surface area contributed by atoms with Crippen LogP contribution in [-0.4, -0.2) is 62.2 Å². The lowest BCUT2D eigenvalue weighted by Gasteiger charge is -2.20. The molecular formula is C31H37FN2O10. The highest BCUT2D eigenvalue weighted by molar-refractivity contribution is 5.88. The van der Waals surface area contributed by atoms with E-state index in [1.165, 1.54) is 31.4 Å². The average Bonchev–Trinajstić information content (AvgIpc) is 3.59. The van der Waals surface area contributed by atoms with Crippen molar-refractivity contribution in [2.75, 3.05) is 7.11 Å². The van der Waals surface area contributed by atoms with Crippen molar-refractivity contribution in [3.8, 4) is 11.5 Å². The standard InChI is InChI=1S/C25H29FN2O3.C6H8O7/c1-17-12-22(31-28-17)14-20-4-3-5-23(20)27-15-19-8-11-24(29-2)25(13-19)30-16-18-6-9-21(26)10-7-18;7-3(8)1-6(13,5(11)12)2-4(9)10/h6-13,20,23,27H,3-5,14-16H2,1-2H3;13H,1-2H2,(H,7,8)(H,9,10)(H,11,12)/t20-,23+;/m0./s1. The number of benzene rings is 2. The van der Waals surface area contributed by atoms with Gasteiger partial charge in [-0.1, -0.05) is 29.8 Å². The van der Waals surface area contributed by atoms with Crippen LogP contribution in [0.2, 0.25) is 0 Å². The summed E-state index contributed by atoms with van der Waals surface area (Å²) in [5.74, 6) is -2.37. The molecule has 0 radical (unpaired) electrons. The lowest BCUT2D eigenvalue weighted by atomic mass is 9.96. The monoisotopic (exact) mass is 616 g/mol. The molecule has 0 unspecified atom stereocenters. The van der Waals surface area contributed by atoms with Crippen LogP contribution in [-0.2, 0) is 34.0 Å². The average molecular weight is 617 g/mol. The second-order valence-corrected chi connectivity index (χ2v) is 10.7. The maximum Gasteiger partial charge on any atom is 0.336 e. The topological polar surface area (TPSA) is 189 Å². The maximum atomic E-state index is 13.1. The van der Waals surface area contributed by atoms with E-state index in [1.54, 1.807) is 19.2 Å². The fraction of sp³-hybridized carbons (Fsp3) is 0.419. The van der Waals surface area contributed by atoms with E-state index in [2.05, 4.69) is 16.5 Å². The second kappa shape index (κ2) is 15.8. The highest BCUT2D eigenvalue weighted by atomic mass is 19.1. The minimum absolute atomic E-state index is 0.252. The molecule has 0 saturated heterocycles. The number of rotatable bonds is 14. The fourth-order valence-corrected chi connectivity index (χ4v) is 4.97. The van der Waals surface area contributed by atoms with Crippen LogP contribution < -0.4 is 14.8 Å². The molecular weight excluding hydrogens is 579 g/mol. The van der Waals surface area contributed by atoms with Crippen LogP contribution in [0.15, 0.2) is 53.1 Å². The summed E-state index contributed by atoms with van der Waals surface area (Å²) >= 11 is 0. The third-order valence-electron chi connectivity index (χ3n) is 7.19. The first-order valence-electron chi connectivity index (χ1n) is 14.0. The van der Waals surface area contributed by atoms with Crippen LogP contribution in [0.5, 0.6) is 11.5 Å². The van der Waals surface area contributed by atoms with Gasteiger partial charge in [-0.3, -0.25) is 9.59 Å². The minimum Gasteiger partial charge on any atom is -0.493 e. The highest BCUT2D eigenvalue weighted by Crippen LogP contribution is 2.31. The van der Waals surface area contributed by atoms with Gasteiger partial charge in [0.1, 0.15) is 18.2 Å². The van der Waals surface area contributed by atoms with Crippen LogP contribution in [0, 0.1) is 18.7 Å². The maximum absolute atomic E-state index is 13.1. The van der Waals surface area contributed by atoms with E-state index in [0.29, 0.717) is 30.1 Å². The largest absolute Gasteiger partial charge is 0.493 e. The first kappa shape index (κ1) is 34.0. The third kappa shape index (κ3) is 10.3. The normalized spacial score (nSPS) is 16.1. The third-order valence-corrected chi connectivity index (χ3v) is 7.19.